The highest BCUT2D eigenvalue weighted by Gasteiger charge is 2.58. The third kappa shape index (κ3) is 2.11. The lowest BCUT2D eigenvalue weighted by Gasteiger charge is -2.53. The van der Waals surface area contributed by atoms with Gasteiger partial charge in [0.2, 0.25) is 0 Å². The summed E-state index contributed by atoms with van der Waals surface area (Å²) in [5, 5.41) is 0. The van der Waals surface area contributed by atoms with Gasteiger partial charge in [0, 0.05) is 11.8 Å². The van der Waals surface area contributed by atoms with Crippen molar-refractivity contribution in [1.29, 1.82) is 0 Å². The van der Waals surface area contributed by atoms with E-state index in [0.717, 1.165) is 44.1 Å². The number of ketones is 3. The van der Waals surface area contributed by atoms with Gasteiger partial charge in [-0.25, -0.2) is 0 Å². The van der Waals surface area contributed by atoms with Crippen LogP contribution in [0.25, 0.3) is 0 Å². The van der Waals surface area contributed by atoms with Crippen LogP contribution in [-0.4, -0.2) is 17.3 Å². The molecule has 3 nitrogen and oxygen atoms in total. The van der Waals surface area contributed by atoms with Crippen LogP contribution in [0.5, 0.6) is 0 Å². The number of carbonyl (C=O) groups excluding carboxylic acids is 3. The maximum absolute atomic E-state index is 12.5. The fourth-order valence-corrected chi connectivity index (χ4v) is 6.72. The van der Waals surface area contributed by atoms with Gasteiger partial charge in [-0.3, -0.25) is 14.4 Å². The number of fused-ring (bicyclic) bond motifs is 5. The van der Waals surface area contributed by atoms with Gasteiger partial charge in [-0.2, -0.15) is 0 Å². The number of hydrogen-bond acceptors (Lipinski definition) is 3. The van der Waals surface area contributed by atoms with E-state index in [-0.39, 0.29) is 35.2 Å². The molecule has 0 bridgehead atoms. The molecule has 0 spiro atoms. The maximum atomic E-state index is 12.5. The zero-order valence-electron chi connectivity index (χ0n) is 14.1. The molecule has 0 aromatic rings. The summed E-state index contributed by atoms with van der Waals surface area (Å²) < 4.78 is 0. The monoisotopic (exact) mass is 314 g/mol. The summed E-state index contributed by atoms with van der Waals surface area (Å²) >= 11 is 0. The van der Waals surface area contributed by atoms with Crippen molar-refractivity contribution >= 4 is 17.3 Å². The first kappa shape index (κ1) is 15.3. The van der Waals surface area contributed by atoms with Crippen LogP contribution in [0.1, 0.15) is 58.8 Å². The van der Waals surface area contributed by atoms with Crippen LogP contribution >= 0.6 is 0 Å². The molecule has 0 unspecified atom stereocenters. The average molecular weight is 314 g/mol. The zero-order chi connectivity index (χ0) is 16.4. The van der Waals surface area contributed by atoms with Crippen molar-refractivity contribution in [3.05, 3.63) is 11.6 Å². The maximum Gasteiger partial charge on any atom is 0.163 e. The molecule has 6 atom stereocenters. The summed E-state index contributed by atoms with van der Waals surface area (Å²) in [6.45, 7) is 4.08. The van der Waals surface area contributed by atoms with Crippen molar-refractivity contribution < 1.29 is 14.4 Å². The first-order valence-corrected chi connectivity index (χ1v) is 9.18. The zero-order valence-corrected chi connectivity index (χ0v) is 14.1. The summed E-state index contributed by atoms with van der Waals surface area (Å²) in [5.74, 6) is 2.30. The molecule has 0 heterocycles. The predicted octanol–water partition coefficient (Wildman–Crippen LogP) is 3.51. The normalized spacial score (nSPS) is 45.8. The van der Waals surface area contributed by atoms with Gasteiger partial charge < -0.3 is 0 Å². The van der Waals surface area contributed by atoms with Gasteiger partial charge in [-0.1, -0.05) is 12.5 Å². The van der Waals surface area contributed by atoms with Crippen LogP contribution in [0, 0.1) is 35.0 Å². The highest BCUT2D eigenvalue weighted by Crippen LogP contribution is 2.63. The van der Waals surface area contributed by atoms with E-state index >= 15 is 0 Å². The van der Waals surface area contributed by atoms with Gasteiger partial charge in [-0.05, 0) is 74.7 Å². The van der Waals surface area contributed by atoms with E-state index in [1.165, 1.54) is 0 Å². The minimum Gasteiger partial charge on any atom is -0.300 e. The number of carbonyl (C=O) groups is 3. The van der Waals surface area contributed by atoms with Crippen molar-refractivity contribution in [2.75, 3.05) is 0 Å². The predicted molar refractivity (Wildman–Crippen MR) is 86.7 cm³/mol. The lowest BCUT2D eigenvalue weighted by atomic mass is 9.51. The van der Waals surface area contributed by atoms with E-state index in [2.05, 4.69) is 6.92 Å². The Morgan fingerprint density at radius 2 is 1.91 bits per heavy atom. The molecule has 4 rings (SSSR count). The highest BCUT2D eigenvalue weighted by atomic mass is 16.1. The van der Waals surface area contributed by atoms with Crippen LogP contribution in [0.15, 0.2) is 11.6 Å². The standard InChI is InChI=1S/C20H26O3/c1-11(21)16-5-6-17-14-4-3-12-9-13(22)10-18(23)19(12)15(14)7-8-20(16,17)2/h9,14-17,19H,3-8,10H2,1-2H3/t14-,15+,16-,17+,19+,20-/m1/s1. The summed E-state index contributed by atoms with van der Waals surface area (Å²) in [6, 6.07) is 0. The average Bonchev–Trinajstić information content (AvgIpc) is 2.83. The Balaban J connectivity index is 1.66. The van der Waals surface area contributed by atoms with Gasteiger partial charge in [0.25, 0.3) is 0 Å². The Bertz CT molecular complexity index is 616. The molecule has 0 saturated heterocycles. The lowest BCUT2D eigenvalue weighted by molar-refractivity contribution is -0.134. The van der Waals surface area contributed by atoms with Gasteiger partial charge in [0.05, 0.1) is 6.42 Å². The van der Waals surface area contributed by atoms with Crippen LogP contribution in [0.4, 0.5) is 0 Å². The molecular formula is C20H26O3. The van der Waals surface area contributed by atoms with Gasteiger partial charge in [0.1, 0.15) is 11.6 Å². The van der Waals surface area contributed by atoms with Crippen molar-refractivity contribution in [2.45, 2.75) is 58.8 Å². The number of rotatable bonds is 1. The smallest absolute Gasteiger partial charge is 0.163 e. The van der Waals surface area contributed by atoms with E-state index in [1.807, 2.05) is 0 Å². The van der Waals surface area contributed by atoms with Crippen molar-refractivity contribution in [3.8, 4) is 0 Å². The summed E-state index contributed by atoms with van der Waals surface area (Å²) in [7, 11) is 0. The molecule has 4 aliphatic carbocycles. The van der Waals surface area contributed by atoms with Crippen molar-refractivity contribution in [3.63, 3.8) is 0 Å². The second-order valence-corrected chi connectivity index (χ2v) is 8.56. The molecule has 23 heavy (non-hydrogen) atoms. The second kappa shape index (κ2) is 5.12. The summed E-state index contributed by atoms with van der Waals surface area (Å²) in [5.41, 5.74) is 1.25. The van der Waals surface area contributed by atoms with Crippen molar-refractivity contribution in [2.24, 2.45) is 35.0 Å². The first-order valence-electron chi connectivity index (χ1n) is 9.18. The van der Waals surface area contributed by atoms with E-state index in [4.69, 9.17) is 0 Å². The molecule has 124 valence electrons. The van der Waals surface area contributed by atoms with Crippen LogP contribution in [0.3, 0.4) is 0 Å². The topological polar surface area (TPSA) is 51.2 Å². The minimum atomic E-state index is -0.00198. The molecular weight excluding hydrogens is 288 g/mol. The van der Waals surface area contributed by atoms with Crippen LogP contribution in [0.2, 0.25) is 0 Å². The third-order valence-corrected chi connectivity index (χ3v) is 7.62. The molecule has 0 amide bonds. The van der Waals surface area contributed by atoms with E-state index in [0.29, 0.717) is 23.5 Å². The Kier molecular flexibility index (Phi) is 3.40. The molecule has 3 saturated carbocycles. The SMILES string of the molecule is CC(=O)[C@H]1CC[C@H]2[C@@H]3CCC4=CC(=O)CC(=O)[C@@H]4[C@H]3CC[C@]12C. The Morgan fingerprint density at radius 1 is 1.13 bits per heavy atom. The minimum absolute atomic E-state index is 0.00198. The van der Waals surface area contributed by atoms with Crippen LogP contribution in [-0.2, 0) is 14.4 Å². The number of Topliss-reactive ketones (excluding diaryl/α,β-unsaturated/α-hetero) is 2. The molecule has 3 fully saturated rings. The van der Waals surface area contributed by atoms with E-state index in [1.54, 1.807) is 13.0 Å². The molecule has 0 aromatic carbocycles. The molecule has 0 aromatic heterocycles. The largest absolute Gasteiger partial charge is 0.300 e. The fourth-order valence-electron chi connectivity index (χ4n) is 6.72. The summed E-state index contributed by atoms with van der Waals surface area (Å²) in [4.78, 5) is 36.3. The van der Waals surface area contributed by atoms with Crippen molar-refractivity contribution in [1.82, 2.24) is 0 Å². The van der Waals surface area contributed by atoms with E-state index < -0.39 is 0 Å². The van der Waals surface area contributed by atoms with Gasteiger partial charge in [0.15, 0.2) is 5.78 Å². The third-order valence-electron chi connectivity index (χ3n) is 7.62. The Morgan fingerprint density at radius 3 is 2.65 bits per heavy atom. The molecule has 0 radical (unpaired) electrons. The number of allylic oxidation sites excluding steroid dienone is 1. The molecule has 0 N–H and O–H groups in total. The molecule has 3 heteroatoms. The highest BCUT2D eigenvalue weighted by molar-refractivity contribution is 6.09. The summed E-state index contributed by atoms with van der Waals surface area (Å²) in [6.07, 6.45) is 8.15. The van der Waals surface area contributed by atoms with Gasteiger partial charge in [-0.15, -0.1) is 0 Å². The quantitative estimate of drug-likeness (QED) is 0.696. The Hall–Kier alpha value is -1.25. The Labute approximate surface area is 137 Å². The molecule has 4 aliphatic rings. The van der Waals surface area contributed by atoms with Gasteiger partial charge >= 0.3 is 0 Å². The number of hydrogen-bond donors (Lipinski definition) is 0. The first-order chi connectivity index (χ1) is 10.9. The van der Waals surface area contributed by atoms with E-state index in [9.17, 15) is 14.4 Å². The fraction of sp³-hybridized carbons (Fsp3) is 0.750. The van der Waals surface area contributed by atoms with Crippen LogP contribution < -0.4 is 0 Å². The lowest BCUT2D eigenvalue weighted by Crippen LogP contribution is -2.49. The molecule has 0 aliphatic heterocycles. The second-order valence-electron chi connectivity index (χ2n) is 8.56.